The molecule has 3 heterocycles. The molecular formula is C21H22ClN7O8S. The number of hydrogen-bond donors (Lipinski definition) is 1. The van der Waals surface area contributed by atoms with Gasteiger partial charge in [-0.25, -0.2) is 0 Å². The number of nitrogens with zero attached hydrogens (tertiary/aromatic N) is 6. The van der Waals surface area contributed by atoms with Crippen LogP contribution in [0.1, 0.15) is 26.7 Å². The SMILES string of the molecule is CC(=O)O[C@@H]1[C@@H](OC(C)=O)[C@H](OC(C)=O)CO[C@H]1Nc1nnc(CSc2nnnn2-c2ccc(Cl)cc2)o1. The molecule has 0 spiro atoms. The number of thioether (sulfide) groups is 1. The van der Waals surface area contributed by atoms with Crippen molar-refractivity contribution in [3.8, 4) is 5.69 Å². The smallest absolute Gasteiger partial charge is 0.317 e. The quantitative estimate of drug-likeness (QED) is 0.223. The Kier molecular flexibility index (Phi) is 8.75. The number of benzene rings is 1. The molecule has 1 aliphatic rings. The summed E-state index contributed by atoms with van der Waals surface area (Å²) in [5, 5.41) is 23.5. The Morgan fingerprint density at radius 2 is 1.71 bits per heavy atom. The van der Waals surface area contributed by atoms with E-state index in [1.807, 2.05) is 0 Å². The molecule has 0 unspecified atom stereocenters. The summed E-state index contributed by atoms with van der Waals surface area (Å²) in [5.41, 5.74) is 0.718. The third-order valence-electron chi connectivity index (χ3n) is 4.92. The topological polar surface area (TPSA) is 183 Å². The van der Waals surface area contributed by atoms with Crippen molar-refractivity contribution in [2.45, 2.75) is 56.2 Å². The Morgan fingerprint density at radius 1 is 1.03 bits per heavy atom. The molecule has 1 N–H and O–H groups in total. The van der Waals surface area contributed by atoms with Gasteiger partial charge in [0.05, 0.1) is 18.0 Å². The van der Waals surface area contributed by atoms with Crippen molar-refractivity contribution in [1.82, 2.24) is 30.4 Å². The molecule has 38 heavy (non-hydrogen) atoms. The highest BCUT2D eigenvalue weighted by Gasteiger charge is 2.47. The average Bonchev–Trinajstić information content (AvgIpc) is 3.50. The van der Waals surface area contributed by atoms with Crippen LogP contribution in [0.15, 0.2) is 33.8 Å². The van der Waals surface area contributed by atoms with Crippen LogP contribution in [0.5, 0.6) is 0 Å². The van der Waals surface area contributed by atoms with E-state index in [0.717, 1.165) is 5.69 Å². The van der Waals surface area contributed by atoms with Gasteiger partial charge < -0.3 is 28.7 Å². The molecule has 3 aromatic rings. The number of tetrazole rings is 1. The van der Waals surface area contributed by atoms with Crippen LogP contribution in [-0.2, 0) is 39.1 Å². The lowest BCUT2D eigenvalue weighted by molar-refractivity contribution is -0.221. The maximum absolute atomic E-state index is 11.8. The largest absolute Gasteiger partial charge is 0.456 e. The van der Waals surface area contributed by atoms with E-state index < -0.39 is 42.4 Å². The number of anilines is 1. The lowest BCUT2D eigenvalue weighted by Crippen LogP contribution is -2.59. The van der Waals surface area contributed by atoms with Gasteiger partial charge in [-0.15, -0.1) is 10.2 Å². The molecule has 4 rings (SSSR count). The zero-order valence-corrected chi connectivity index (χ0v) is 21.8. The first kappa shape index (κ1) is 27.3. The zero-order chi connectivity index (χ0) is 27.2. The molecule has 15 nitrogen and oxygen atoms in total. The molecule has 202 valence electrons. The van der Waals surface area contributed by atoms with E-state index in [4.69, 9.17) is 35.0 Å². The third kappa shape index (κ3) is 6.96. The number of carbonyl (C=O) groups excluding carboxylic acids is 3. The van der Waals surface area contributed by atoms with Crippen molar-refractivity contribution in [3.63, 3.8) is 0 Å². The first-order chi connectivity index (χ1) is 18.2. The highest BCUT2D eigenvalue weighted by atomic mass is 35.5. The Labute approximate surface area is 224 Å². The standard InChI is InChI=1S/C21H22ClN7O8S/c1-10(30)34-15-8-33-19(18(36-12(3)32)17(15)35-11(2)31)23-20-25-24-16(37-20)9-38-21-26-27-28-29(21)14-6-4-13(22)5-7-14/h4-7,15,17-19H,8-9H2,1-3H3,(H,23,25)/t15-,17+,18-,19-/m1/s1. The summed E-state index contributed by atoms with van der Waals surface area (Å²) in [4.78, 5) is 35.0. The predicted molar refractivity (Wildman–Crippen MR) is 128 cm³/mol. The molecule has 4 atom stereocenters. The van der Waals surface area contributed by atoms with E-state index in [-0.39, 0.29) is 24.3 Å². The Hall–Kier alpha value is -3.76. The van der Waals surface area contributed by atoms with Crippen LogP contribution in [0.2, 0.25) is 5.02 Å². The van der Waals surface area contributed by atoms with Crippen LogP contribution in [0.25, 0.3) is 5.69 Å². The van der Waals surface area contributed by atoms with Gasteiger partial charge in [-0.1, -0.05) is 28.5 Å². The molecule has 0 radical (unpaired) electrons. The summed E-state index contributed by atoms with van der Waals surface area (Å²) < 4.78 is 28.7. The van der Waals surface area contributed by atoms with E-state index in [1.54, 1.807) is 24.3 Å². The van der Waals surface area contributed by atoms with Gasteiger partial charge in [0.2, 0.25) is 11.0 Å². The van der Waals surface area contributed by atoms with Crippen LogP contribution >= 0.6 is 23.4 Å². The first-order valence-electron chi connectivity index (χ1n) is 11.1. The van der Waals surface area contributed by atoms with Crippen molar-refractivity contribution in [2.24, 2.45) is 0 Å². The Bertz CT molecular complexity index is 1290. The van der Waals surface area contributed by atoms with Crippen LogP contribution in [0, 0.1) is 0 Å². The maximum atomic E-state index is 11.8. The van der Waals surface area contributed by atoms with Gasteiger partial charge in [0.25, 0.3) is 0 Å². The molecule has 1 fully saturated rings. The molecule has 17 heteroatoms. The molecular weight excluding hydrogens is 546 g/mol. The minimum absolute atomic E-state index is 0.0486. The summed E-state index contributed by atoms with van der Waals surface area (Å²) in [6, 6.07) is 6.94. The number of ether oxygens (including phenoxy) is 4. The minimum Gasteiger partial charge on any atom is -0.456 e. The van der Waals surface area contributed by atoms with Crippen molar-refractivity contribution in [1.29, 1.82) is 0 Å². The number of halogens is 1. The van der Waals surface area contributed by atoms with Gasteiger partial charge in [-0.2, -0.15) is 4.68 Å². The van der Waals surface area contributed by atoms with Gasteiger partial charge in [0.15, 0.2) is 24.5 Å². The summed E-state index contributed by atoms with van der Waals surface area (Å²) in [6.07, 6.45) is -4.40. The average molecular weight is 568 g/mol. The lowest BCUT2D eigenvalue weighted by Gasteiger charge is -2.40. The normalized spacial score (nSPS) is 20.9. The Morgan fingerprint density at radius 3 is 2.39 bits per heavy atom. The second-order valence-corrected chi connectivity index (χ2v) is 9.21. The lowest BCUT2D eigenvalue weighted by atomic mass is 10.0. The van der Waals surface area contributed by atoms with Gasteiger partial charge in [0.1, 0.15) is 0 Å². The van der Waals surface area contributed by atoms with E-state index >= 15 is 0 Å². The Balaban J connectivity index is 1.44. The highest BCUT2D eigenvalue weighted by Crippen LogP contribution is 2.27. The van der Waals surface area contributed by atoms with Crippen molar-refractivity contribution < 1.29 is 37.7 Å². The number of hydrogen-bond acceptors (Lipinski definition) is 15. The second kappa shape index (κ2) is 12.2. The van der Waals surface area contributed by atoms with Crippen LogP contribution in [0.3, 0.4) is 0 Å². The van der Waals surface area contributed by atoms with E-state index in [9.17, 15) is 14.4 Å². The third-order valence-corrected chi connectivity index (χ3v) is 6.08. The van der Waals surface area contributed by atoms with Crippen molar-refractivity contribution in [2.75, 3.05) is 11.9 Å². The molecule has 0 amide bonds. The van der Waals surface area contributed by atoms with Crippen molar-refractivity contribution in [3.05, 3.63) is 35.2 Å². The van der Waals surface area contributed by atoms with E-state index in [1.165, 1.54) is 37.2 Å². The summed E-state index contributed by atoms with van der Waals surface area (Å²) in [7, 11) is 0. The monoisotopic (exact) mass is 567 g/mol. The van der Waals surface area contributed by atoms with Gasteiger partial charge >= 0.3 is 23.9 Å². The number of nitrogens with one attached hydrogen (secondary N) is 1. The van der Waals surface area contributed by atoms with Crippen LogP contribution < -0.4 is 5.32 Å². The maximum Gasteiger partial charge on any atom is 0.317 e. The molecule has 0 bridgehead atoms. The zero-order valence-electron chi connectivity index (χ0n) is 20.3. The summed E-state index contributed by atoms with van der Waals surface area (Å²) in [6.45, 7) is 3.40. The summed E-state index contributed by atoms with van der Waals surface area (Å²) >= 11 is 7.19. The fourth-order valence-corrected chi connectivity index (χ4v) is 4.35. The fraction of sp³-hybridized carbons (Fsp3) is 0.429. The van der Waals surface area contributed by atoms with Crippen LogP contribution in [0.4, 0.5) is 6.01 Å². The van der Waals surface area contributed by atoms with E-state index in [2.05, 4.69) is 31.0 Å². The van der Waals surface area contributed by atoms with Crippen molar-refractivity contribution >= 4 is 47.3 Å². The number of carbonyl (C=O) groups is 3. The summed E-state index contributed by atoms with van der Waals surface area (Å²) in [5.74, 6) is -1.50. The van der Waals surface area contributed by atoms with Crippen LogP contribution in [-0.4, -0.2) is 79.5 Å². The number of esters is 3. The second-order valence-electron chi connectivity index (χ2n) is 7.83. The van der Waals surface area contributed by atoms with E-state index in [0.29, 0.717) is 10.2 Å². The molecule has 1 aromatic carbocycles. The highest BCUT2D eigenvalue weighted by molar-refractivity contribution is 7.98. The van der Waals surface area contributed by atoms with Gasteiger partial charge in [-0.05, 0) is 34.7 Å². The first-order valence-corrected chi connectivity index (χ1v) is 12.4. The fourth-order valence-electron chi connectivity index (χ4n) is 3.50. The molecule has 0 aliphatic carbocycles. The molecule has 1 saturated heterocycles. The number of rotatable bonds is 9. The minimum atomic E-state index is -1.19. The molecule has 0 saturated carbocycles. The molecule has 1 aliphatic heterocycles. The van der Waals surface area contributed by atoms with Gasteiger partial charge in [-0.3, -0.25) is 14.4 Å². The number of aromatic nitrogens is 6. The molecule has 2 aromatic heterocycles. The predicted octanol–water partition coefficient (Wildman–Crippen LogP) is 1.55. The van der Waals surface area contributed by atoms with Gasteiger partial charge in [0, 0.05) is 25.8 Å².